The molecule has 0 spiro atoms. The molecule has 0 rings (SSSR count). The summed E-state index contributed by atoms with van der Waals surface area (Å²) in [6, 6.07) is 1.43. The average molecular weight is 184 g/mol. The molecule has 0 aliphatic rings. The first-order valence-electron chi connectivity index (χ1n) is 3.76. The molecule has 6 nitrogen and oxygen atoms in total. The maximum absolute atomic E-state index is 10.8. The van der Waals surface area contributed by atoms with E-state index in [0.29, 0.717) is 0 Å². The van der Waals surface area contributed by atoms with Crippen molar-refractivity contribution in [3.05, 3.63) is 0 Å². The zero-order valence-corrected chi connectivity index (χ0v) is 7.55. The molecule has 3 N–H and O–H groups in total. The van der Waals surface area contributed by atoms with Crippen LogP contribution in [0.3, 0.4) is 0 Å². The lowest BCUT2D eigenvalue weighted by molar-refractivity contribution is -0.119. The van der Waals surface area contributed by atoms with Gasteiger partial charge in [0.25, 0.3) is 0 Å². The minimum absolute atomic E-state index is 0.247. The van der Waals surface area contributed by atoms with Crippen molar-refractivity contribution in [1.29, 1.82) is 5.26 Å². The Hall–Kier alpha value is -1.77. The molecule has 0 aliphatic carbocycles. The van der Waals surface area contributed by atoms with Gasteiger partial charge < -0.3 is 5.32 Å². The molecule has 0 saturated heterocycles. The summed E-state index contributed by atoms with van der Waals surface area (Å²) in [6.45, 7) is 3.21. The molecule has 0 radical (unpaired) electrons. The Morgan fingerprint density at radius 1 is 1.46 bits per heavy atom. The van der Waals surface area contributed by atoms with E-state index < -0.39 is 6.03 Å². The second-order valence-corrected chi connectivity index (χ2v) is 2.55. The number of carbonyl (C=O) groups excluding carboxylic acids is 2. The number of hydrogen-bond donors (Lipinski definition) is 3. The van der Waals surface area contributed by atoms with Gasteiger partial charge in [-0.05, 0) is 6.92 Å². The van der Waals surface area contributed by atoms with Crippen LogP contribution < -0.4 is 16.2 Å². The van der Waals surface area contributed by atoms with E-state index in [1.165, 1.54) is 6.92 Å². The van der Waals surface area contributed by atoms with Crippen LogP contribution in [0.15, 0.2) is 0 Å². The summed E-state index contributed by atoms with van der Waals surface area (Å²) in [5.74, 6) is -0.605. The number of nitrogens with one attached hydrogen (secondary N) is 3. The maximum atomic E-state index is 10.8. The van der Waals surface area contributed by atoms with Crippen molar-refractivity contribution >= 4 is 11.9 Å². The molecule has 0 aromatic carbocycles. The Labute approximate surface area is 76.3 Å². The molecule has 3 amide bonds. The highest BCUT2D eigenvalue weighted by atomic mass is 16.2. The molecule has 0 aromatic rings. The number of hydrazine groups is 1. The van der Waals surface area contributed by atoms with E-state index >= 15 is 0 Å². The van der Waals surface area contributed by atoms with Gasteiger partial charge in [-0.25, -0.2) is 10.2 Å². The van der Waals surface area contributed by atoms with Gasteiger partial charge in [0, 0.05) is 13.5 Å². The van der Waals surface area contributed by atoms with E-state index in [-0.39, 0.29) is 18.4 Å². The minimum atomic E-state index is -0.530. The van der Waals surface area contributed by atoms with Crippen molar-refractivity contribution in [2.75, 3.05) is 6.54 Å². The molecule has 1 atom stereocenters. The molecule has 0 heterocycles. The van der Waals surface area contributed by atoms with Crippen molar-refractivity contribution < 1.29 is 9.59 Å². The van der Waals surface area contributed by atoms with E-state index in [1.807, 2.05) is 6.07 Å². The molecule has 1 unspecified atom stereocenters. The second kappa shape index (κ2) is 5.83. The Bertz CT molecular complexity index is 233. The topological polar surface area (TPSA) is 94.0 Å². The smallest absolute Gasteiger partial charge is 0.333 e. The predicted molar refractivity (Wildman–Crippen MR) is 45.1 cm³/mol. The quantitative estimate of drug-likeness (QED) is 0.505. The van der Waals surface area contributed by atoms with Crippen LogP contribution in [0.2, 0.25) is 0 Å². The number of urea groups is 1. The summed E-state index contributed by atoms with van der Waals surface area (Å²) >= 11 is 0. The Kier molecular flexibility index (Phi) is 5.03. The third kappa shape index (κ3) is 6.62. The van der Waals surface area contributed by atoms with Gasteiger partial charge in [-0.1, -0.05) is 0 Å². The van der Waals surface area contributed by atoms with Gasteiger partial charge in [0.15, 0.2) is 0 Å². The molecule has 72 valence electrons. The van der Waals surface area contributed by atoms with Crippen LogP contribution in [0.4, 0.5) is 4.79 Å². The summed E-state index contributed by atoms with van der Waals surface area (Å²) in [5.41, 5.74) is 4.21. The number of hydrogen-bond acceptors (Lipinski definition) is 3. The first-order valence-corrected chi connectivity index (χ1v) is 3.76. The van der Waals surface area contributed by atoms with Gasteiger partial charge in [-0.3, -0.25) is 10.2 Å². The highest BCUT2D eigenvalue weighted by Crippen LogP contribution is 1.86. The zero-order chi connectivity index (χ0) is 10.3. The molecule has 13 heavy (non-hydrogen) atoms. The summed E-state index contributed by atoms with van der Waals surface area (Å²) in [6.07, 6.45) is 0. The van der Waals surface area contributed by atoms with Crippen LogP contribution in [0, 0.1) is 17.2 Å². The second-order valence-electron chi connectivity index (χ2n) is 2.55. The minimum Gasteiger partial charge on any atom is -0.335 e. The summed E-state index contributed by atoms with van der Waals surface area (Å²) in [4.78, 5) is 21.2. The van der Waals surface area contributed by atoms with E-state index in [9.17, 15) is 9.59 Å². The van der Waals surface area contributed by atoms with Crippen LogP contribution >= 0.6 is 0 Å². The number of amides is 3. The summed E-state index contributed by atoms with van der Waals surface area (Å²) in [7, 11) is 0. The van der Waals surface area contributed by atoms with E-state index in [2.05, 4.69) is 16.2 Å². The van der Waals surface area contributed by atoms with Crippen LogP contribution in [-0.4, -0.2) is 18.5 Å². The number of rotatable bonds is 2. The monoisotopic (exact) mass is 184 g/mol. The SMILES string of the molecule is CC(=O)NNC(=O)NCC(C)C#N. The van der Waals surface area contributed by atoms with Crippen molar-refractivity contribution in [3.8, 4) is 6.07 Å². The van der Waals surface area contributed by atoms with Gasteiger partial charge in [0.05, 0.1) is 12.0 Å². The fourth-order valence-corrected chi connectivity index (χ4v) is 0.480. The highest BCUT2D eigenvalue weighted by Gasteiger charge is 2.03. The molecular weight excluding hydrogens is 172 g/mol. The van der Waals surface area contributed by atoms with Crippen LogP contribution in [0.1, 0.15) is 13.8 Å². The first kappa shape index (κ1) is 11.2. The van der Waals surface area contributed by atoms with E-state index in [0.717, 1.165) is 0 Å². The fraction of sp³-hybridized carbons (Fsp3) is 0.571. The van der Waals surface area contributed by atoms with Crippen LogP contribution in [-0.2, 0) is 4.79 Å². The fourth-order valence-electron chi connectivity index (χ4n) is 0.480. The van der Waals surface area contributed by atoms with Crippen molar-refractivity contribution in [3.63, 3.8) is 0 Å². The lowest BCUT2D eigenvalue weighted by Gasteiger charge is -2.07. The standard InChI is InChI=1S/C7H12N4O2/c1-5(3-8)4-9-7(13)11-10-6(2)12/h5H,4H2,1-2H3,(H,10,12)(H2,9,11,13). The van der Waals surface area contributed by atoms with E-state index in [1.54, 1.807) is 6.92 Å². The summed E-state index contributed by atoms with van der Waals surface area (Å²) in [5, 5.41) is 10.8. The Morgan fingerprint density at radius 3 is 2.54 bits per heavy atom. The molecule has 0 aliphatic heterocycles. The number of carbonyl (C=O) groups is 2. The lowest BCUT2D eigenvalue weighted by atomic mass is 10.2. The molecular formula is C7H12N4O2. The molecule has 0 fully saturated rings. The summed E-state index contributed by atoms with van der Waals surface area (Å²) < 4.78 is 0. The van der Waals surface area contributed by atoms with E-state index in [4.69, 9.17) is 5.26 Å². The average Bonchev–Trinajstić information content (AvgIpc) is 2.10. The third-order valence-electron chi connectivity index (χ3n) is 1.14. The molecule has 0 bridgehead atoms. The molecule has 6 heteroatoms. The molecule has 0 aromatic heterocycles. The van der Waals surface area contributed by atoms with Crippen molar-refractivity contribution in [2.24, 2.45) is 5.92 Å². The molecule has 0 saturated carbocycles. The van der Waals surface area contributed by atoms with Gasteiger partial charge in [0.1, 0.15) is 0 Å². The predicted octanol–water partition coefficient (Wildman–Crippen LogP) is -0.504. The van der Waals surface area contributed by atoms with Gasteiger partial charge in [0.2, 0.25) is 5.91 Å². The van der Waals surface area contributed by atoms with Gasteiger partial charge in [-0.2, -0.15) is 5.26 Å². The maximum Gasteiger partial charge on any atom is 0.333 e. The lowest BCUT2D eigenvalue weighted by Crippen LogP contribution is -2.46. The number of nitrogens with zero attached hydrogens (tertiary/aromatic N) is 1. The first-order chi connectivity index (χ1) is 6.06. The normalized spacial score (nSPS) is 10.8. The third-order valence-corrected chi connectivity index (χ3v) is 1.14. The van der Waals surface area contributed by atoms with Gasteiger partial charge >= 0.3 is 6.03 Å². The van der Waals surface area contributed by atoms with Crippen molar-refractivity contribution in [1.82, 2.24) is 16.2 Å². The van der Waals surface area contributed by atoms with Gasteiger partial charge in [-0.15, -0.1) is 0 Å². The van der Waals surface area contributed by atoms with Crippen LogP contribution in [0.5, 0.6) is 0 Å². The highest BCUT2D eigenvalue weighted by molar-refractivity contribution is 5.79. The van der Waals surface area contributed by atoms with Crippen molar-refractivity contribution in [2.45, 2.75) is 13.8 Å². The van der Waals surface area contributed by atoms with Crippen LogP contribution in [0.25, 0.3) is 0 Å². The largest absolute Gasteiger partial charge is 0.335 e. The Balaban J connectivity index is 3.53. The zero-order valence-electron chi connectivity index (χ0n) is 7.55. The Morgan fingerprint density at radius 2 is 2.08 bits per heavy atom. The number of nitriles is 1.